The third-order valence-electron chi connectivity index (χ3n) is 6.37. The second kappa shape index (κ2) is 10.9. The molecule has 0 aliphatic carbocycles. The standard InChI is InChI=1S/C27H22F2N4O5S2/c28-20-5-3-6-22(14-20)39(35,36)32-24(27-30-16-21(31-27)13-19-4-1-2-7-23(19)29)12-17-8-10-18(11-9-17)25-15-26(34)33-40(25,37)38/h1-11,14,24-25,32H,12-13,15H2,(H,33,34)/t24-,25-/m0/s1. The molecular formula is C27H22F2N4O5S2. The van der Waals surface area contributed by atoms with Gasteiger partial charge in [-0.2, -0.15) is 4.99 Å². The molecule has 0 spiro atoms. The molecule has 40 heavy (non-hydrogen) atoms. The van der Waals surface area contributed by atoms with Crippen LogP contribution < -0.4 is 9.44 Å². The van der Waals surface area contributed by atoms with E-state index in [1.165, 1.54) is 18.2 Å². The largest absolute Gasteiger partial charge is 0.274 e. The molecule has 0 unspecified atom stereocenters. The van der Waals surface area contributed by atoms with Gasteiger partial charge in [-0.15, -0.1) is 0 Å². The zero-order valence-corrected chi connectivity index (χ0v) is 22.3. The van der Waals surface area contributed by atoms with Crippen molar-refractivity contribution < 1.29 is 30.4 Å². The summed E-state index contributed by atoms with van der Waals surface area (Å²) in [4.78, 5) is 19.9. The van der Waals surface area contributed by atoms with Crippen molar-refractivity contribution in [1.29, 1.82) is 0 Å². The maximum atomic E-state index is 14.1. The molecule has 2 N–H and O–H groups in total. The quantitative estimate of drug-likeness (QED) is 0.399. The molecule has 13 heteroatoms. The van der Waals surface area contributed by atoms with Crippen molar-refractivity contribution >= 4 is 37.7 Å². The van der Waals surface area contributed by atoms with Crippen molar-refractivity contribution in [3.8, 4) is 0 Å². The summed E-state index contributed by atoms with van der Waals surface area (Å²) in [5.74, 6) is 1.05. The Hall–Kier alpha value is -4.03. The Kier molecular flexibility index (Phi) is 7.47. The maximum Gasteiger partial charge on any atom is 0.242 e. The van der Waals surface area contributed by atoms with Crippen LogP contribution in [0.2, 0.25) is 0 Å². The molecule has 3 aromatic carbocycles. The van der Waals surface area contributed by atoms with Gasteiger partial charge in [0, 0.05) is 12.3 Å². The summed E-state index contributed by atoms with van der Waals surface area (Å²) in [5.41, 5.74) is 1.68. The number of allylic oxidation sites excluding steroid dienone is 1. The minimum atomic E-state index is -4.22. The second-order valence-corrected chi connectivity index (χ2v) is 12.8. The molecule has 9 nitrogen and oxygen atoms in total. The Morgan fingerprint density at radius 2 is 1.80 bits per heavy atom. The van der Waals surface area contributed by atoms with Gasteiger partial charge in [0.2, 0.25) is 26.0 Å². The van der Waals surface area contributed by atoms with Crippen LogP contribution in [-0.2, 0) is 37.7 Å². The molecule has 5 rings (SSSR count). The van der Waals surface area contributed by atoms with Crippen LogP contribution in [0.25, 0.3) is 0 Å². The monoisotopic (exact) mass is 584 g/mol. The number of sulfonamides is 2. The molecule has 206 valence electrons. The first kappa shape index (κ1) is 27.5. The Bertz CT molecular complexity index is 1800. The lowest BCUT2D eigenvalue weighted by Gasteiger charge is -2.18. The zero-order chi connectivity index (χ0) is 28.5. The Labute approximate surface area is 229 Å². The topological polar surface area (TPSA) is 134 Å². The highest BCUT2D eigenvalue weighted by atomic mass is 32.2. The number of carbonyl (C=O) groups excluding carboxylic acids is 1. The number of hydrogen-bond acceptors (Lipinski definition) is 7. The number of amidine groups is 1. The van der Waals surface area contributed by atoms with E-state index < -0.39 is 48.9 Å². The molecule has 1 saturated heterocycles. The molecule has 0 bridgehead atoms. The van der Waals surface area contributed by atoms with Crippen molar-refractivity contribution in [2.24, 2.45) is 9.98 Å². The summed E-state index contributed by atoms with van der Waals surface area (Å²) in [6.07, 6.45) is -0.0690. The smallest absolute Gasteiger partial charge is 0.242 e. The minimum Gasteiger partial charge on any atom is -0.274 e. The van der Waals surface area contributed by atoms with E-state index in [1.54, 1.807) is 42.5 Å². The molecule has 2 atom stereocenters. The van der Waals surface area contributed by atoms with Gasteiger partial charge in [-0.05, 0) is 47.4 Å². The predicted molar refractivity (Wildman–Crippen MR) is 144 cm³/mol. The summed E-state index contributed by atoms with van der Waals surface area (Å²) in [6, 6.07) is 16.0. The summed E-state index contributed by atoms with van der Waals surface area (Å²) >= 11 is 0. The highest BCUT2D eigenvalue weighted by Crippen LogP contribution is 2.30. The maximum absolute atomic E-state index is 14.1. The molecule has 2 heterocycles. The SMILES string of the molecule is O=C1C[C@@H](c2ccc(C[C@H](NS(=O)(=O)c3cccc(F)c3)C3=NC(Cc4ccccc4F)=C=N3)cc2)S(=O)(=O)N1. The van der Waals surface area contributed by atoms with Crippen molar-refractivity contribution in [2.45, 2.75) is 35.4 Å². The third-order valence-corrected chi connectivity index (χ3v) is 9.54. The summed E-state index contributed by atoms with van der Waals surface area (Å²) < 4.78 is 83.1. The molecule has 1 amide bonds. The average molecular weight is 585 g/mol. The molecule has 0 saturated carbocycles. The number of halogens is 2. The lowest BCUT2D eigenvalue weighted by molar-refractivity contribution is -0.118. The number of hydrogen-bond donors (Lipinski definition) is 2. The highest BCUT2D eigenvalue weighted by molar-refractivity contribution is 7.90. The first-order valence-electron chi connectivity index (χ1n) is 12.1. The van der Waals surface area contributed by atoms with Crippen LogP contribution in [0.5, 0.6) is 0 Å². The molecule has 1 fully saturated rings. The van der Waals surface area contributed by atoms with Gasteiger partial charge in [-0.25, -0.2) is 35.3 Å². The lowest BCUT2D eigenvalue weighted by atomic mass is 10.0. The average Bonchev–Trinajstić information content (AvgIpc) is 3.48. The molecule has 0 radical (unpaired) electrons. The number of rotatable bonds is 9. The van der Waals surface area contributed by atoms with E-state index in [0.717, 1.165) is 12.1 Å². The van der Waals surface area contributed by atoms with Gasteiger partial charge in [0.15, 0.2) is 5.84 Å². The summed E-state index contributed by atoms with van der Waals surface area (Å²) in [5, 5.41) is -1.02. The van der Waals surface area contributed by atoms with Gasteiger partial charge in [-0.1, -0.05) is 48.5 Å². The van der Waals surface area contributed by atoms with Crippen LogP contribution in [0.15, 0.2) is 93.4 Å². The van der Waals surface area contributed by atoms with Gasteiger partial charge in [-0.3, -0.25) is 9.52 Å². The molecular weight excluding hydrogens is 562 g/mol. The fourth-order valence-corrected chi connectivity index (χ4v) is 7.05. The Morgan fingerprint density at radius 3 is 2.48 bits per heavy atom. The summed E-state index contributed by atoms with van der Waals surface area (Å²) in [7, 11) is -8.04. The fourth-order valence-electron chi connectivity index (χ4n) is 4.39. The van der Waals surface area contributed by atoms with E-state index in [2.05, 4.69) is 20.6 Å². The number of nitrogens with one attached hydrogen (secondary N) is 2. The first-order valence-corrected chi connectivity index (χ1v) is 15.1. The number of amides is 1. The number of carbonyl (C=O) groups is 1. The van der Waals surface area contributed by atoms with E-state index in [0.29, 0.717) is 22.4 Å². The van der Waals surface area contributed by atoms with Crippen molar-refractivity contribution in [1.82, 2.24) is 9.44 Å². The van der Waals surface area contributed by atoms with E-state index >= 15 is 0 Å². The summed E-state index contributed by atoms with van der Waals surface area (Å²) in [6.45, 7) is 0. The van der Waals surface area contributed by atoms with Gasteiger partial charge < -0.3 is 0 Å². The first-order chi connectivity index (χ1) is 19.0. The zero-order valence-electron chi connectivity index (χ0n) is 20.7. The number of nitrogens with zero attached hydrogens (tertiary/aromatic N) is 2. The van der Waals surface area contributed by atoms with Crippen molar-refractivity contribution in [2.75, 3.05) is 0 Å². The molecule has 3 aromatic rings. The minimum absolute atomic E-state index is 0.0421. The van der Waals surface area contributed by atoms with Gasteiger partial charge in [0.1, 0.15) is 22.6 Å². The highest BCUT2D eigenvalue weighted by Gasteiger charge is 2.37. The van der Waals surface area contributed by atoms with E-state index in [-0.39, 0.29) is 30.0 Å². The molecule has 0 aromatic heterocycles. The van der Waals surface area contributed by atoms with Crippen molar-refractivity contribution in [3.05, 3.63) is 107 Å². The second-order valence-electron chi connectivity index (χ2n) is 9.25. The molecule has 2 aliphatic rings. The van der Waals surface area contributed by atoms with Gasteiger partial charge in [0.25, 0.3) is 0 Å². The van der Waals surface area contributed by atoms with Crippen LogP contribution in [0, 0.1) is 11.6 Å². The number of aliphatic imine (C=N–C) groups is 2. The van der Waals surface area contributed by atoms with Crippen LogP contribution >= 0.6 is 0 Å². The number of benzene rings is 3. The third kappa shape index (κ3) is 6.07. The van der Waals surface area contributed by atoms with Crippen LogP contribution in [-0.4, -0.2) is 40.5 Å². The van der Waals surface area contributed by atoms with E-state index in [1.807, 2.05) is 4.72 Å². The van der Waals surface area contributed by atoms with Gasteiger partial charge in [0.05, 0.1) is 17.4 Å². The van der Waals surface area contributed by atoms with E-state index in [4.69, 9.17) is 0 Å². The molecule has 2 aliphatic heterocycles. The Morgan fingerprint density at radius 1 is 1.05 bits per heavy atom. The predicted octanol–water partition coefficient (Wildman–Crippen LogP) is 2.95. The van der Waals surface area contributed by atoms with Gasteiger partial charge >= 0.3 is 0 Å². The normalized spacial score (nSPS) is 18.8. The van der Waals surface area contributed by atoms with Crippen LogP contribution in [0.4, 0.5) is 8.78 Å². The van der Waals surface area contributed by atoms with Crippen LogP contribution in [0.3, 0.4) is 0 Å². The Balaban J connectivity index is 1.41. The fraction of sp³-hybridized carbons (Fsp3) is 0.185. The van der Waals surface area contributed by atoms with E-state index in [9.17, 15) is 30.4 Å². The van der Waals surface area contributed by atoms with Crippen LogP contribution in [0.1, 0.15) is 28.4 Å². The van der Waals surface area contributed by atoms with Crippen molar-refractivity contribution in [3.63, 3.8) is 0 Å². The lowest BCUT2D eigenvalue weighted by Crippen LogP contribution is -2.41.